The summed E-state index contributed by atoms with van der Waals surface area (Å²) in [4.78, 5) is 29.7. The van der Waals surface area contributed by atoms with E-state index in [-0.39, 0.29) is 18.4 Å². The lowest BCUT2D eigenvalue weighted by molar-refractivity contribution is -0.139. The summed E-state index contributed by atoms with van der Waals surface area (Å²) in [5.74, 6) is 2.12. The van der Waals surface area contributed by atoms with Crippen molar-refractivity contribution < 1.29 is 14.1 Å². The highest BCUT2D eigenvalue weighted by Gasteiger charge is 2.27. The molecule has 2 amide bonds. The normalized spacial score (nSPS) is 19.7. The first-order chi connectivity index (χ1) is 11.0. The molecule has 0 saturated carbocycles. The summed E-state index contributed by atoms with van der Waals surface area (Å²) in [6.07, 6.45) is 0. The van der Waals surface area contributed by atoms with Crippen LogP contribution in [0, 0.1) is 13.8 Å². The summed E-state index contributed by atoms with van der Waals surface area (Å²) < 4.78 is 5.20. The molecule has 0 spiro atoms. The molecule has 8 heteroatoms. The van der Waals surface area contributed by atoms with Crippen LogP contribution in [0.25, 0.3) is 0 Å². The molecule has 23 heavy (non-hydrogen) atoms. The molecule has 3 heterocycles. The highest BCUT2D eigenvalue weighted by atomic mass is 32.2. The lowest BCUT2D eigenvalue weighted by Gasteiger charge is -2.35. The first-order valence-corrected chi connectivity index (χ1v) is 8.97. The number of piperazine rings is 1. The Morgan fingerprint density at radius 1 is 1.26 bits per heavy atom. The molecular weight excluding hydrogens is 316 g/mol. The maximum Gasteiger partial charge on any atom is 0.242 e. The second-order valence-electron chi connectivity index (χ2n) is 6.03. The van der Waals surface area contributed by atoms with Crippen molar-refractivity contribution in [2.45, 2.75) is 20.4 Å². The monoisotopic (exact) mass is 338 g/mol. The maximum absolute atomic E-state index is 12.3. The van der Waals surface area contributed by atoms with E-state index in [0.29, 0.717) is 24.7 Å². The number of rotatable bonds is 4. The number of aryl methyl sites for hydroxylation is 2. The average Bonchev–Trinajstić information content (AvgIpc) is 3.08. The van der Waals surface area contributed by atoms with Gasteiger partial charge in [-0.05, 0) is 13.8 Å². The second kappa shape index (κ2) is 6.92. The van der Waals surface area contributed by atoms with Gasteiger partial charge in [0.25, 0.3) is 0 Å². The summed E-state index contributed by atoms with van der Waals surface area (Å²) in [7, 11) is 0. The number of nitrogens with zero attached hydrogens (tertiary/aromatic N) is 4. The van der Waals surface area contributed by atoms with Crippen molar-refractivity contribution >= 4 is 23.6 Å². The van der Waals surface area contributed by atoms with Crippen LogP contribution in [-0.4, -0.2) is 76.0 Å². The molecule has 2 aliphatic heterocycles. The Labute approximate surface area is 139 Å². The number of carbonyl (C=O) groups excluding carboxylic acids is 2. The topological polar surface area (TPSA) is 69.9 Å². The van der Waals surface area contributed by atoms with Crippen molar-refractivity contribution in [1.82, 2.24) is 19.9 Å². The van der Waals surface area contributed by atoms with Gasteiger partial charge >= 0.3 is 0 Å². The summed E-state index contributed by atoms with van der Waals surface area (Å²) in [6.45, 7) is 7.99. The molecule has 7 nitrogen and oxygen atoms in total. The van der Waals surface area contributed by atoms with E-state index in [9.17, 15) is 9.59 Å². The van der Waals surface area contributed by atoms with Crippen LogP contribution in [0.3, 0.4) is 0 Å². The molecule has 2 fully saturated rings. The fourth-order valence-corrected chi connectivity index (χ4v) is 3.81. The summed E-state index contributed by atoms with van der Waals surface area (Å²) in [6, 6.07) is 0. The van der Waals surface area contributed by atoms with E-state index in [0.717, 1.165) is 36.7 Å². The van der Waals surface area contributed by atoms with E-state index in [1.54, 1.807) is 16.7 Å². The molecule has 1 aromatic rings. The highest BCUT2D eigenvalue weighted by molar-refractivity contribution is 8.00. The van der Waals surface area contributed by atoms with Gasteiger partial charge in [0, 0.05) is 38.3 Å². The zero-order valence-electron chi connectivity index (χ0n) is 13.6. The van der Waals surface area contributed by atoms with Crippen LogP contribution in [-0.2, 0) is 16.1 Å². The Morgan fingerprint density at radius 3 is 2.57 bits per heavy atom. The molecule has 126 valence electrons. The van der Waals surface area contributed by atoms with E-state index in [4.69, 9.17) is 4.52 Å². The Bertz CT molecular complexity index is 576. The standard InChI is InChI=1S/C15H22N4O3S/c1-11-13(12(2)22-16-11)7-17-3-5-18(6-4-17)14(20)8-19-10-23-9-15(19)21/h3-10H2,1-2H3. The zero-order chi connectivity index (χ0) is 16.4. The number of thioether (sulfide) groups is 1. The van der Waals surface area contributed by atoms with Gasteiger partial charge in [0.05, 0.1) is 17.3 Å². The third kappa shape index (κ3) is 3.69. The Balaban J connectivity index is 1.48. The molecule has 0 atom stereocenters. The lowest BCUT2D eigenvalue weighted by atomic mass is 10.2. The van der Waals surface area contributed by atoms with Gasteiger partial charge in [-0.25, -0.2) is 0 Å². The molecule has 0 N–H and O–H groups in total. The van der Waals surface area contributed by atoms with Crippen molar-refractivity contribution in [3.63, 3.8) is 0 Å². The van der Waals surface area contributed by atoms with Crippen LogP contribution >= 0.6 is 11.8 Å². The minimum atomic E-state index is 0.0536. The quantitative estimate of drug-likeness (QED) is 0.795. The number of aromatic nitrogens is 1. The molecule has 2 saturated heterocycles. The van der Waals surface area contributed by atoms with Gasteiger partial charge in [-0.3, -0.25) is 14.5 Å². The van der Waals surface area contributed by atoms with E-state index >= 15 is 0 Å². The number of amides is 2. The van der Waals surface area contributed by atoms with Crippen molar-refractivity contribution in [1.29, 1.82) is 0 Å². The van der Waals surface area contributed by atoms with Gasteiger partial charge in [0.1, 0.15) is 12.3 Å². The van der Waals surface area contributed by atoms with Gasteiger partial charge < -0.3 is 14.3 Å². The number of carbonyl (C=O) groups is 2. The Hall–Kier alpha value is -1.54. The molecular formula is C15H22N4O3S. The summed E-state index contributed by atoms with van der Waals surface area (Å²) >= 11 is 1.57. The van der Waals surface area contributed by atoms with Gasteiger partial charge in [0.2, 0.25) is 11.8 Å². The maximum atomic E-state index is 12.3. The van der Waals surface area contributed by atoms with Crippen LogP contribution in [0.4, 0.5) is 0 Å². The summed E-state index contributed by atoms with van der Waals surface area (Å²) in [5, 5.41) is 3.98. The Kier molecular flexibility index (Phi) is 4.91. The van der Waals surface area contributed by atoms with Crippen LogP contribution in [0.5, 0.6) is 0 Å². The van der Waals surface area contributed by atoms with E-state index < -0.39 is 0 Å². The lowest BCUT2D eigenvalue weighted by Crippen LogP contribution is -2.51. The first kappa shape index (κ1) is 16.3. The van der Waals surface area contributed by atoms with E-state index in [1.165, 1.54) is 0 Å². The van der Waals surface area contributed by atoms with E-state index in [2.05, 4.69) is 10.1 Å². The molecule has 0 bridgehead atoms. The van der Waals surface area contributed by atoms with E-state index in [1.807, 2.05) is 18.7 Å². The molecule has 3 rings (SSSR count). The summed E-state index contributed by atoms with van der Waals surface area (Å²) in [5.41, 5.74) is 2.08. The molecule has 0 aromatic carbocycles. The number of hydrogen-bond donors (Lipinski definition) is 0. The van der Waals surface area contributed by atoms with Gasteiger partial charge in [-0.1, -0.05) is 5.16 Å². The van der Waals surface area contributed by atoms with Crippen molar-refractivity contribution in [2.24, 2.45) is 0 Å². The smallest absolute Gasteiger partial charge is 0.242 e. The minimum absolute atomic E-state index is 0.0536. The van der Waals surface area contributed by atoms with Crippen molar-refractivity contribution in [2.75, 3.05) is 44.4 Å². The predicted molar refractivity (Wildman–Crippen MR) is 86.9 cm³/mol. The molecule has 0 unspecified atom stereocenters. The molecule has 2 aliphatic rings. The first-order valence-electron chi connectivity index (χ1n) is 7.82. The van der Waals surface area contributed by atoms with Crippen LogP contribution in [0.15, 0.2) is 4.52 Å². The van der Waals surface area contributed by atoms with Crippen molar-refractivity contribution in [3.05, 3.63) is 17.0 Å². The third-order valence-corrected chi connectivity index (χ3v) is 5.38. The van der Waals surface area contributed by atoms with Gasteiger partial charge in [-0.2, -0.15) is 0 Å². The highest BCUT2D eigenvalue weighted by Crippen LogP contribution is 2.17. The third-order valence-electron chi connectivity index (χ3n) is 4.44. The fraction of sp³-hybridized carbons (Fsp3) is 0.667. The van der Waals surface area contributed by atoms with Gasteiger partial charge in [0.15, 0.2) is 0 Å². The molecule has 0 radical (unpaired) electrons. The number of hydrogen-bond acceptors (Lipinski definition) is 6. The van der Waals surface area contributed by atoms with Crippen molar-refractivity contribution in [3.8, 4) is 0 Å². The minimum Gasteiger partial charge on any atom is -0.361 e. The zero-order valence-corrected chi connectivity index (χ0v) is 14.4. The largest absolute Gasteiger partial charge is 0.361 e. The molecule has 0 aliphatic carbocycles. The molecule has 1 aromatic heterocycles. The SMILES string of the molecule is Cc1noc(C)c1CN1CCN(C(=O)CN2CSCC2=O)CC1. The second-order valence-corrected chi connectivity index (χ2v) is 6.98. The fourth-order valence-electron chi connectivity index (χ4n) is 2.91. The Morgan fingerprint density at radius 2 is 2.00 bits per heavy atom. The van der Waals surface area contributed by atoms with Gasteiger partial charge in [-0.15, -0.1) is 11.8 Å². The van der Waals surface area contributed by atoms with Crippen LogP contribution < -0.4 is 0 Å². The average molecular weight is 338 g/mol. The predicted octanol–water partition coefficient (Wildman–Crippen LogP) is 0.469. The van der Waals surface area contributed by atoms with Crippen LogP contribution in [0.2, 0.25) is 0 Å². The van der Waals surface area contributed by atoms with Crippen LogP contribution in [0.1, 0.15) is 17.0 Å².